The van der Waals surface area contributed by atoms with Gasteiger partial charge in [0.05, 0.1) is 16.8 Å². The fraction of sp³-hybridized carbons (Fsp3) is 0.160. The Morgan fingerprint density at radius 3 is 2.37 bits per heavy atom. The first-order valence-electron chi connectivity index (χ1n) is 9.71. The summed E-state index contributed by atoms with van der Waals surface area (Å²) in [6.07, 6.45) is 0.476. The van der Waals surface area contributed by atoms with Crippen molar-refractivity contribution in [2.45, 2.75) is 25.9 Å². The van der Waals surface area contributed by atoms with E-state index in [0.717, 1.165) is 12.0 Å². The van der Waals surface area contributed by atoms with Gasteiger partial charge in [-0.05, 0) is 49.1 Å². The number of aryl methyl sites for hydroxylation is 2. The lowest BCUT2D eigenvalue weighted by Crippen LogP contribution is -2.30. The second kappa shape index (κ2) is 10.0. The smallest absolute Gasteiger partial charge is 0.339 e. The van der Waals surface area contributed by atoms with Crippen LogP contribution in [-0.4, -0.2) is 18.0 Å². The number of nitrogens with one attached hydrogen (secondary N) is 1. The fourth-order valence-electron chi connectivity index (χ4n) is 3.06. The molecule has 0 aliphatic carbocycles. The first-order valence-corrected chi connectivity index (χ1v) is 9.71. The van der Waals surface area contributed by atoms with Crippen LogP contribution in [-0.2, 0) is 22.4 Å². The SMILES string of the molecule is C[C@H](OC(=O)c1ccccc1CCc1ccccc1)C(=O)Nc1ccccc1C#N. The summed E-state index contributed by atoms with van der Waals surface area (Å²) < 4.78 is 5.40. The Hall–Kier alpha value is -3.91. The van der Waals surface area contributed by atoms with E-state index in [1.807, 2.05) is 48.5 Å². The van der Waals surface area contributed by atoms with Gasteiger partial charge in [0, 0.05) is 0 Å². The lowest BCUT2D eigenvalue weighted by Gasteiger charge is -2.15. The Morgan fingerprint density at radius 1 is 0.933 bits per heavy atom. The van der Waals surface area contributed by atoms with Gasteiger partial charge < -0.3 is 10.1 Å². The van der Waals surface area contributed by atoms with Crippen molar-refractivity contribution in [3.05, 3.63) is 101 Å². The van der Waals surface area contributed by atoms with Crippen LogP contribution in [0, 0.1) is 11.3 Å². The topological polar surface area (TPSA) is 79.2 Å². The van der Waals surface area contributed by atoms with E-state index in [0.29, 0.717) is 23.2 Å². The second-order valence-corrected chi connectivity index (χ2v) is 6.84. The average Bonchev–Trinajstić information content (AvgIpc) is 2.78. The number of ether oxygens (including phenoxy) is 1. The van der Waals surface area contributed by atoms with E-state index in [1.165, 1.54) is 12.5 Å². The largest absolute Gasteiger partial charge is 0.449 e. The third-order valence-electron chi connectivity index (χ3n) is 4.72. The highest BCUT2D eigenvalue weighted by atomic mass is 16.5. The minimum absolute atomic E-state index is 0.343. The zero-order chi connectivity index (χ0) is 21.3. The molecule has 5 nitrogen and oxygen atoms in total. The zero-order valence-electron chi connectivity index (χ0n) is 16.7. The molecular formula is C25H22N2O3. The summed E-state index contributed by atoms with van der Waals surface area (Å²) in [5, 5.41) is 11.8. The number of carbonyl (C=O) groups excluding carboxylic acids is 2. The van der Waals surface area contributed by atoms with Crippen molar-refractivity contribution >= 4 is 17.6 Å². The molecule has 0 unspecified atom stereocenters. The number of nitrogens with zero attached hydrogens (tertiary/aromatic N) is 1. The first kappa shape index (κ1) is 20.8. The molecule has 0 heterocycles. The summed E-state index contributed by atoms with van der Waals surface area (Å²) in [7, 11) is 0. The van der Waals surface area contributed by atoms with Gasteiger partial charge in [0.2, 0.25) is 0 Å². The van der Waals surface area contributed by atoms with Gasteiger partial charge in [0.25, 0.3) is 5.91 Å². The molecule has 0 radical (unpaired) electrons. The molecule has 0 saturated carbocycles. The predicted octanol–water partition coefficient (Wildman–Crippen LogP) is 4.53. The molecule has 0 saturated heterocycles. The molecule has 1 atom stereocenters. The summed E-state index contributed by atoms with van der Waals surface area (Å²) in [5.74, 6) is -1.04. The van der Waals surface area contributed by atoms with Crippen LogP contribution in [0.1, 0.15) is 34.0 Å². The molecule has 1 amide bonds. The quantitative estimate of drug-likeness (QED) is 0.593. The molecule has 3 aromatic carbocycles. The molecule has 0 spiro atoms. The van der Waals surface area contributed by atoms with Crippen LogP contribution in [0.15, 0.2) is 78.9 Å². The van der Waals surface area contributed by atoms with Crippen LogP contribution in [0.2, 0.25) is 0 Å². The van der Waals surface area contributed by atoms with Crippen LogP contribution in [0.4, 0.5) is 5.69 Å². The van der Waals surface area contributed by atoms with E-state index in [-0.39, 0.29) is 0 Å². The highest BCUT2D eigenvalue weighted by molar-refractivity contribution is 5.98. The Morgan fingerprint density at radius 2 is 1.60 bits per heavy atom. The highest BCUT2D eigenvalue weighted by Crippen LogP contribution is 2.17. The number of para-hydroxylation sites is 1. The normalized spacial score (nSPS) is 11.2. The third kappa shape index (κ3) is 5.33. The van der Waals surface area contributed by atoms with Crippen molar-refractivity contribution in [2.75, 3.05) is 5.32 Å². The predicted molar refractivity (Wildman–Crippen MR) is 115 cm³/mol. The summed E-state index contributed by atoms with van der Waals surface area (Å²) in [4.78, 5) is 25.2. The van der Waals surface area contributed by atoms with Gasteiger partial charge in [-0.1, -0.05) is 60.7 Å². The van der Waals surface area contributed by atoms with Crippen LogP contribution < -0.4 is 5.32 Å². The van der Waals surface area contributed by atoms with Crippen LogP contribution in [0.25, 0.3) is 0 Å². The van der Waals surface area contributed by atoms with Gasteiger partial charge in [-0.3, -0.25) is 4.79 Å². The molecule has 0 aliphatic rings. The molecule has 3 rings (SSSR count). The van der Waals surface area contributed by atoms with Gasteiger partial charge in [-0.15, -0.1) is 0 Å². The number of carbonyl (C=O) groups is 2. The Balaban J connectivity index is 1.65. The van der Waals surface area contributed by atoms with Crippen molar-refractivity contribution in [3.8, 4) is 6.07 Å². The Bertz CT molecular complexity index is 1070. The molecule has 5 heteroatoms. The van der Waals surface area contributed by atoms with Gasteiger partial charge in [0.15, 0.2) is 6.10 Å². The van der Waals surface area contributed by atoms with Crippen molar-refractivity contribution < 1.29 is 14.3 Å². The zero-order valence-corrected chi connectivity index (χ0v) is 16.7. The number of amides is 1. The molecule has 1 N–H and O–H groups in total. The van der Waals surface area contributed by atoms with Gasteiger partial charge in [-0.25, -0.2) is 4.79 Å². The molecule has 3 aromatic rings. The maximum absolute atomic E-state index is 12.7. The number of anilines is 1. The summed E-state index contributed by atoms with van der Waals surface area (Å²) in [6, 6.07) is 26.0. The van der Waals surface area contributed by atoms with Crippen molar-refractivity contribution in [3.63, 3.8) is 0 Å². The van der Waals surface area contributed by atoms with Crippen LogP contribution in [0.3, 0.4) is 0 Å². The van der Waals surface area contributed by atoms with Crippen LogP contribution in [0.5, 0.6) is 0 Å². The van der Waals surface area contributed by atoms with E-state index in [9.17, 15) is 9.59 Å². The standard InChI is InChI=1S/C25H22N2O3/c1-18(24(28)27-23-14-8-6-12-21(23)17-26)30-25(29)22-13-7-5-11-20(22)16-15-19-9-3-2-4-10-19/h2-14,18H,15-16H2,1H3,(H,27,28)/t18-/m0/s1. The number of benzene rings is 3. The van der Waals surface area contributed by atoms with Gasteiger partial charge >= 0.3 is 5.97 Å². The summed E-state index contributed by atoms with van der Waals surface area (Å²) in [5.41, 5.74) is 3.23. The number of nitriles is 1. The lowest BCUT2D eigenvalue weighted by atomic mass is 10.00. The van der Waals surface area contributed by atoms with E-state index >= 15 is 0 Å². The lowest BCUT2D eigenvalue weighted by molar-refractivity contribution is -0.123. The van der Waals surface area contributed by atoms with Crippen molar-refractivity contribution in [1.82, 2.24) is 0 Å². The Labute approximate surface area is 175 Å². The van der Waals surface area contributed by atoms with Crippen molar-refractivity contribution in [1.29, 1.82) is 5.26 Å². The molecule has 0 fully saturated rings. The summed E-state index contributed by atoms with van der Waals surface area (Å²) >= 11 is 0. The molecular weight excluding hydrogens is 376 g/mol. The average molecular weight is 398 g/mol. The third-order valence-corrected chi connectivity index (χ3v) is 4.72. The molecule has 0 aliphatic heterocycles. The maximum Gasteiger partial charge on any atom is 0.339 e. The minimum atomic E-state index is -1.01. The number of esters is 1. The second-order valence-electron chi connectivity index (χ2n) is 6.84. The van der Waals surface area contributed by atoms with E-state index < -0.39 is 18.0 Å². The Kier molecular flexibility index (Phi) is 6.96. The van der Waals surface area contributed by atoms with E-state index in [1.54, 1.807) is 36.4 Å². The van der Waals surface area contributed by atoms with E-state index in [2.05, 4.69) is 5.32 Å². The number of hydrogen-bond donors (Lipinski definition) is 1. The van der Waals surface area contributed by atoms with Gasteiger partial charge in [-0.2, -0.15) is 5.26 Å². The van der Waals surface area contributed by atoms with Crippen LogP contribution >= 0.6 is 0 Å². The van der Waals surface area contributed by atoms with Gasteiger partial charge in [0.1, 0.15) is 6.07 Å². The number of rotatable bonds is 7. The molecule has 0 bridgehead atoms. The van der Waals surface area contributed by atoms with E-state index in [4.69, 9.17) is 10.00 Å². The highest BCUT2D eigenvalue weighted by Gasteiger charge is 2.21. The minimum Gasteiger partial charge on any atom is -0.449 e. The first-order chi connectivity index (χ1) is 14.6. The van der Waals surface area contributed by atoms with Crippen molar-refractivity contribution in [2.24, 2.45) is 0 Å². The molecule has 150 valence electrons. The number of hydrogen-bond acceptors (Lipinski definition) is 4. The molecule has 0 aromatic heterocycles. The fourth-order valence-corrected chi connectivity index (χ4v) is 3.06. The maximum atomic E-state index is 12.7. The monoisotopic (exact) mass is 398 g/mol. The summed E-state index contributed by atoms with van der Waals surface area (Å²) in [6.45, 7) is 1.51. The molecule has 30 heavy (non-hydrogen) atoms.